The molecule has 2 aromatic rings. The minimum Gasteiger partial charge on any atom is -0.345 e. The zero-order valence-corrected chi connectivity index (χ0v) is 12.0. The largest absolute Gasteiger partial charge is 0.345 e. The van der Waals surface area contributed by atoms with E-state index in [0.29, 0.717) is 25.2 Å². The molecule has 0 bridgehead atoms. The molecule has 2 heterocycles. The molecule has 0 radical (unpaired) electrons. The average molecular weight is 286 g/mol. The fraction of sp³-hybridized carbons (Fsp3) is 0.400. The third-order valence-corrected chi connectivity index (χ3v) is 3.90. The van der Waals surface area contributed by atoms with Crippen LogP contribution in [-0.2, 0) is 4.79 Å². The number of carbonyl (C=O) groups is 2. The fourth-order valence-electron chi connectivity index (χ4n) is 2.69. The third kappa shape index (κ3) is 2.74. The van der Waals surface area contributed by atoms with Gasteiger partial charge in [-0.05, 0) is 24.6 Å². The van der Waals surface area contributed by atoms with Crippen molar-refractivity contribution in [2.75, 3.05) is 26.2 Å². The quantitative estimate of drug-likeness (QED) is 0.858. The Labute approximate surface area is 122 Å². The van der Waals surface area contributed by atoms with Gasteiger partial charge in [-0.2, -0.15) is 0 Å². The molecule has 1 saturated heterocycles. The van der Waals surface area contributed by atoms with Crippen LogP contribution in [0.5, 0.6) is 0 Å². The van der Waals surface area contributed by atoms with Crippen LogP contribution in [0.1, 0.15) is 23.7 Å². The summed E-state index contributed by atoms with van der Waals surface area (Å²) in [5, 5.41) is 0. The van der Waals surface area contributed by atoms with E-state index in [1.807, 2.05) is 17.0 Å². The lowest BCUT2D eigenvalue weighted by Crippen LogP contribution is -2.36. The number of benzene rings is 1. The van der Waals surface area contributed by atoms with Gasteiger partial charge in [-0.15, -0.1) is 0 Å². The molecule has 1 aromatic carbocycles. The molecule has 0 spiro atoms. The molecule has 3 rings (SSSR count). The average Bonchev–Trinajstić information content (AvgIpc) is 2.80. The highest BCUT2D eigenvalue weighted by molar-refractivity contribution is 5.97. The van der Waals surface area contributed by atoms with Crippen molar-refractivity contribution in [3.8, 4) is 0 Å². The number of aromatic nitrogens is 2. The normalized spacial score (nSPS) is 16.0. The minimum absolute atomic E-state index is 0.0110. The molecule has 6 heteroatoms. The Morgan fingerprint density at radius 1 is 1.14 bits per heavy atom. The van der Waals surface area contributed by atoms with E-state index in [2.05, 4.69) is 9.97 Å². The maximum absolute atomic E-state index is 12.6. The Morgan fingerprint density at radius 3 is 2.71 bits per heavy atom. The number of hydrogen-bond donors (Lipinski definition) is 1. The maximum atomic E-state index is 12.6. The first kappa shape index (κ1) is 13.6. The van der Waals surface area contributed by atoms with Crippen LogP contribution in [0, 0.1) is 0 Å². The Balaban J connectivity index is 1.76. The van der Waals surface area contributed by atoms with Gasteiger partial charge in [0.2, 0.25) is 5.91 Å². The van der Waals surface area contributed by atoms with Gasteiger partial charge >= 0.3 is 0 Å². The van der Waals surface area contributed by atoms with Gasteiger partial charge in [0.1, 0.15) is 0 Å². The lowest BCUT2D eigenvalue weighted by molar-refractivity contribution is -0.128. The number of H-pyrrole nitrogens is 1. The van der Waals surface area contributed by atoms with Gasteiger partial charge in [0.25, 0.3) is 5.91 Å². The Kier molecular flexibility index (Phi) is 3.60. The first-order valence-electron chi connectivity index (χ1n) is 7.13. The van der Waals surface area contributed by atoms with E-state index in [1.165, 1.54) is 0 Å². The summed E-state index contributed by atoms with van der Waals surface area (Å²) >= 11 is 0. The number of amides is 2. The summed E-state index contributed by atoms with van der Waals surface area (Å²) in [7, 11) is 0. The standard InChI is InChI=1S/C15H18N4O2/c1-11(20)18-5-2-6-19(8-7-18)15(21)12-3-4-13-14(9-12)17-10-16-13/h3-4,9-10H,2,5-8H2,1H3,(H,16,17). The fourth-order valence-corrected chi connectivity index (χ4v) is 2.69. The van der Waals surface area contributed by atoms with Crippen LogP contribution in [0.4, 0.5) is 0 Å². The highest BCUT2D eigenvalue weighted by Crippen LogP contribution is 2.15. The van der Waals surface area contributed by atoms with Crippen LogP contribution in [0.3, 0.4) is 0 Å². The number of rotatable bonds is 1. The molecule has 1 aliphatic rings. The van der Waals surface area contributed by atoms with Crippen molar-refractivity contribution in [2.45, 2.75) is 13.3 Å². The molecule has 1 N–H and O–H groups in total. The van der Waals surface area contributed by atoms with Gasteiger partial charge in [0.15, 0.2) is 0 Å². The van der Waals surface area contributed by atoms with E-state index in [1.54, 1.807) is 24.2 Å². The van der Waals surface area contributed by atoms with Crippen LogP contribution in [0.15, 0.2) is 24.5 Å². The van der Waals surface area contributed by atoms with Crippen molar-refractivity contribution < 1.29 is 9.59 Å². The molecule has 0 unspecified atom stereocenters. The Hall–Kier alpha value is -2.37. The second kappa shape index (κ2) is 5.55. The molecule has 110 valence electrons. The summed E-state index contributed by atoms with van der Waals surface area (Å²) in [5.41, 5.74) is 2.37. The smallest absolute Gasteiger partial charge is 0.253 e. The van der Waals surface area contributed by atoms with Gasteiger partial charge < -0.3 is 14.8 Å². The zero-order chi connectivity index (χ0) is 14.8. The van der Waals surface area contributed by atoms with Crippen molar-refractivity contribution in [3.63, 3.8) is 0 Å². The number of hydrogen-bond acceptors (Lipinski definition) is 3. The number of imidazole rings is 1. The first-order valence-corrected chi connectivity index (χ1v) is 7.13. The minimum atomic E-state index is 0.0110. The van der Waals surface area contributed by atoms with Gasteiger partial charge in [-0.3, -0.25) is 9.59 Å². The van der Waals surface area contributed by atoms with Crippen molar-refractivity contribution in [3.05, 3.63) is 30.1 Å². The van der Waals surface area contributed by atoms with Crippen molar-refractivity contribution >= 4 is 22.8 Å². The second-order valence-corrected chi connectivity index (χ2v) is 5.29. The topological polar surface area (TPSA) is 69.3 Å². The number of fused-ring (bicyclic) bond motifs is 1. The van der Waals surface area contributed by atoms with E-state index in [0.717, 1.165) is 24.0 Å². The van der Waals surface area contributed by atoms with Crippen LogP contribution < -0.4 is 0 Å². The molecular weight excluding hydrogens is 268 g/mol. The van der Waals surface area contributed by atoms with Gasteiger partial charge in [-0.1, -0.05) is 0 Å². The summed E-state index contributed by atoms with van der Waals surface area (Å²) in [6.45, 7) is 4.17. The SMILES string of the molecule is CC(=O)N1CCCN(C(=O)c2ccc3nc[nH]c3c2)CC1. The van der Waals surface area contributed by atoms with E-state index in [4.69, 9.17) is 0 Å². The Morgan fingerprint density at radius 2 is 1.90 bits per heavy atom. The summed E-state index contributed by atoms with van der Waals surface area (Å²) in [6, 6.07) is 5.48. The van der Waals surface area contributed by atoms with Crippen molar-refractivity contribution in [1.82, 2.24) is 19.8 Å². The third-order valence-electron chi connectivity index (χ3n) is 3.90. The molecule has 1 aliphatic heterocycles. The van der Waals surface area contributed by atoms with Crippen molar-refractivity contribution in [1.29, 1.82) is 0 Å². The van der Waals surface area contributed by atoms with Crippen LogP contribution >= 0.6 is 0 Å². The number of aromatic amines is 1. The maximum Gasteiger partial charge on any atom is 0.253 e. The van der Waals surface area contributed by atoms with Gasteiger partial charge in [0.05, 0.1) is 17.4 Å². The van der Waals surface area contributed by atoms with E-state index in [-0.39, 0.29) is 11.8 Å². The first-order chi connectivity index (χ1) is 10.1. The molecular formula is C15H18N4O2. The Bertz CT molecular complexity index is 679. The number of nitrogens with zero attached hydrogens (tertiary/aromatic N) is 3. The molecule has 21 heavy (non-hydrogen) atoms. The molecule has 6 nitrogen and oxygen atoms in total. The van der Waals surface area contributed by atoms with E-state index >= 15 is 0 Å². The van der Waals surface area contributed by atoms with Gasteiger partial charge in [-0.25, -0.2) is 4.98 Å². The summed E-state index contributed by atoms with van der Waals surface area (Å²) in [5.74, 6) is 0.0834. The van der Waals surface area contributed by atoms with E-state index in [9.17, 15) is 9.59 Å². The summed E-state index contributed by atoms with van der Waals surface area (Å²) in [6.07, 6.45) is 2.44. The molecule has 0 saturated carbocycles. The summed E-state index contributed by atoms with van der Waals surface area (Å²) in [4.78, 5) is 34.8. The van der Waals surface area contributed by atoms with Crippen molar-refractivity contribution in [2.24, 2.45) is 0 Å². The highest BCUT2D eigenvalue weighted by Gasteiger charge is 2.21. The predicted molar refractivity (Wildman–Crippen MR) is 78.9 cm³/mol. The lowest BCUT2D eigenvalue weighted by Gasteiger charge is -2.21. The molecule has 1 fully saturated rings. The molecule has 0 aliphatic carbocycles. The number of carbonyl (C=O) groups excluding carboxylic acids is 2. The van der Waals surface area contributed by atoms with Gasteiger partial charge in [0, 0.05) is 38.7 Å². The van der Waals surface area contributed by atoms with Crippen LogP contribution in [0.2, 0.25) is 0 Å². The van der Waals surface area contributed by atoms with Crippen LogP contribution in [-0.4, -0.2) is 57.8 Å². The monoisotopic (exact) mass is 286 g/mol. The lowest BCUT2D eigenvalue weighted by atomic mass is 10.1. The number of nitrogens with one attached hydrogen (secondary N) is 1. The zero-order valence-electron chi connectivity index (χ0n) is 12.0. The van der Waals surface area contributed by atoms with E-state index < -0.39 is 0 Å². The molecule has 0 atom stereocenters. The second-order valence-electron chi connectivity index (χ2n) is 5.29. The molecule has 1 aromatic heterocycles. The highest BCUT2D eigenvalue weighted by atomic mass is 16.2. The summed E-state index contributed by atoms with van der Waals surface area (Å²) < 4.78 is 0. The van der Waals surface area contributed by atoms with Crippen LogP contribution in [0.25, 0.3) is 11.0 Å². The molecule has 2 amide bonds. The predicted octanol–water partition coefficient (Wildman–Crippen LogP) is 1.26.